The second-order valence-electron chi connectivity index (χ2n) is 6.55. The van der Waals surface area contributed by atoms with Crippen molar-refractivity contribution in [2.45, 2.75) is 26.3 Å². The van der Waals surface area contributed by atoms with E-state index >= 15 is 0 Å². The zero-order valence-electron chi connectivity index (χ0n) is 16.3. The molecule has 0 radical (unpaired) electrons. The van der Waals surface area contributed by atoms with Crippen LogP contribution >= 0.6 is 0 Å². The molecule has 0 aliphatic rings. The van der Waals surface area contributed by atoms with Gasteiger partial charge in [-0.05, 0) is 48.7 Å². The van der Waals surface area contributed by atoms with E-state index < -0.39 is 5.91 Å². The van der Waals surface area contributed by atoms with E-state index in [0.717, 1.165) is 23.4 Å². The molecule has 1 amide bonds. The highest BCUT2D eigenvalue weighted by molar-refractivity contribution is 5.97. The number of nitrogens with one attached hydrogen (secondary N) is 2. The van der Waals surface area contributed by atoms with Gasteiger partial charge in [0, 0.05) is 31.7 Å². The van der Waals surface area contributed by atoms with Crippen LogP contribution < -0.4 is 15.5 Å². The molecular formula is C22H26N4O. The Morgan fingerprint density at radius 1 is 1.15 bits per heavy atom. The lowest BCUT2D eigenvalue weighted by Crippen LogP contribution is -2.28. The van der Waals surface area contributed by atoms with Crippen molar-refractivity contribution in [1.82, 2.24) is 5.32 Å². The predicted molar refractivity (Wildman–Crippen MR) is 110 cm³/mol. The van der Waals surface area contributed by atoms with E-state index in [1.54, 1.807) is 0 Å². The lowest BCUT2D eigenvalue weighted by Gasteiger charge is -2.15. The summed E-state index contributed by atoms with van der Waals surface area (Å²) in [6.07, 6.45) is 2.41. The number of carbonyl (C=O) groups is 1. The van der Waals surface area contributed by atoms with E-state index in [0.29, 0.717) is 0 Å². The number of benzene rings is 2. The van der Waals surface area contributed by atoms with Crippen LogP contribution in [-0.4, -0.2) is 20.0 Å². The minimum atomic E-state index is -0.401. The lowest BCUT2D eigenvalue weighted by molar-refractivity contribution is -0.117. The van der Waals surface area contributed by atoms with E-state index in [4.69, 9.17) is 0 Å². The summed E-state index contributed by atoms with van der Waals surface area (Å²) >= 11 is 0. The minimum Gasteiger partial charge on any atom is -0.378 e. The Balaban J connectivity index is 2.01. The van der Waals surface area contributed by atoms with Gasteiger partial charge in [0.2, 0.25) is 0 Å². The summed E-state index contributed by atoms with van der Waals surface area (Å²) in [6, 6.07) is 17.6. The Morgan fingerprint density at radius 2 is 1.78 bits per heavy atom. The van der Waals surface area contributed by atoms with Gasteiger partial charge in [0.05, 0.1) is 6.04 Å². The Bertz CT molecular complexity index is 830. The number of nitrogens with zero attached hydrogens (tertiary/aromatic N) is 2. The summed E-state index contributed by atoms with van der Waals surface area (Å²) in [5.74, 6) is -0.401. The van der Waals surface area contributed by atoms with Crippen molar-refractivity contribution < 1.29 is 4.79 Å². The highest BCUT2D eigenvalue weighted by Crippen LogP contribution is 2.17. The Hall–Kier alpha value is -3.26. The predicted octanol–water partition coefficient (Wildman–Crippen LogP) is 4.01. The van der Waals surface area contributed by atoms with Gasteiger partial charge in [0.1, 0.15) is 11.6 Å². The zero-order valence-corrected chi connectivity index (χ0v) is 16.3. The standard InChI is InChI=1S/C22H26N4O/c1-5-17-6-8-18(9-7-17)16(2)25-22(27)19(14-23)15-24-20-10-12-21(13-11-20)26(3)4/h6-13,15-16,24H,5H2,1-4H3,(H,25,27)/b19-15-. The largest absolute Gasteiger partial charge is 0.378 e. The molecule has 1 atom stereocenters. The smallest absolute Gasteiger partial charge is 0.263 e. The maximum absolute atomic E-state index is 12.4. The average molecular weight is 362 g/mol. The quantitative estimate of drug-likeness (QED) is 0.577. The fraction of sp³-hybridized carbons (Fsp3) is 0.273. The maximum Gasteiger partial charge on any atom is 0.263 e. The van der Waals surface area contributed by atoms with Crippen molar-refractivity contribution in [2.75, 3.05) is 24.3 Å². The SMILES string of the molecule is CCc1ccc(C(C)NC(=O)/C(C#N)=C\Nc2ccc(N(C)C)cc2)cc1. The number of aryl methyl sites for hydroxylation is 1. The molecule has 0 saturated carbocycles. The molecule has 0 heterocycles. The highest BCUT2D eigenvalue weighted by Gasteiger charge is 2.13. The van der Waals surface area contributed by atoms with Crippen LogP contribution in [0.1, 0.15) is 31.0 Å². The van der Waals surface area contributed by atoms with Crippen molar-refractivity contribution >= 4 is 17.3 Å². The van der Waals surface area contributed by atoms with Gasteiger partial charge in [-0.15, -0.1) is 0 Å². The van der Waals surface area contributed by atoms with Crippen LogP contribution in [0.2, 0.25) is 0 Å². The van der Waals surface area contributed by atoms with Crippen LogP contribution in [0.15, 0.2) is 60.3 Å². The number of rotatable bonds is 7. The molecule has 0 fully saturated rings. The van der Waals surface area contributed by atoms with Crippen molar-refractivity contribution in [3.05, 3.63) is 71.4 Å². The fourth-order valence-corrected chi connectivity index (χ4v) is 2.56. The third kappa shape index (κ3) is 5.61. The highest BCUT2D eigenvalue weighted by atomic mass is 16.1. The molecule has 1 unspecified atom stereocenters. The first-order chi connectivity index (χ1) is 12.9. The molecule has 5 nitrogen and oxygen atoms in total. The van der Waals surface area contributed by atoms with Crippen LogP contribution in [0.25, 0.3) is 0 Å². The van der Waals surface area contributed by atoms with E-state index in [1.165, 1.54) is 11.8 Å². The molecule has 2 aromatic carbocycles. The molecule has 0 aliphatic heterocycles. The molecule has 2 aromatic rings. The first-order valence-corrected chi connectivity index (χ1v) is 8.98. The van der Waals surface area contributed by atoms with E-state index in [9.17, 15) is 10.1 Å². The summed E-state index contributed by atoms with van der Waals surface area (Å²) in [6.45, 7) is 4.01. The van der Waals surface area contributed by atoms with Crippen LogP contribution in [0.4, 0.5) is 11.4 Å². The van der Waals surface area contributed by atoms with Gasteiger partial charge in [-0.3, -0.25) is 4.79 Å². The molecule has 2 N–H and O–H groups in total. The van der Waals surface area contributed by atoms with Crippen molar-refractivity contribution in [3.8, 4) is 6.07 Å². The fourth-order valence-electron chi connectivity index (χ4n) is 2.56. The third-order valence-electron chi connectivity index (χ3n) is 4.37. The minimum absolute atomic E-state index is 0.0312. The molecule has 0 bridgehead atoms. The number of carbonyl (C=O) groups excluding carboxylic acids is 1. The first kappa shape index (κ1) is 20.1. The Kier molecular flexibility index (Phi) is 7.01. The van der Waals surface area contributed by atoms with Gasteiger partial charge in [-0.25, -0.2) is 0 Å². The van der Waals surface area contributed by atoms with Crippen molar-refractivity contribution in [1.29, 1.82) is 5.26 Å². The Labute approximate surface area is 161 Å². The van der Waals surface area contributed by atoms with Crippen molar-refractivity contribution in [2.24, 2.45) is 0 Å². The topological polar surface area (TPSA) is 68.2 Å². The summed E-state index contributed by atoms with van der Waals surface area (Å²) in [4.78, 5) is 14.4. The van der Waals surface area contributed by atoms with Gasteiger partial charge < -0.3 is 15.5 Å². The third-order valence-corrected chi connectivity index (χ3v) is 4.37. The molecule has 27 heavy (non-hydrogen) atoms. The van der Waals surface area contributed by atoms with Gasteiger partial charge >= 0.3 is 0 Å². The molecule has 2 rings (SSSR count). The van der Waals surface area contributed by atoms with Crippen molar-refractivity contribution in [3.63, 3.8) is 0 Å². The first-order valence-electron chi connectivity index (χ1n) is 8.98. The average Bonchev–Trinajstić information content (AvgIpc) is 2.68. The van der Waals surface area contributed by atoms with Gasteiger partial charge in [0.15, 0.2) is 0 Å². The summed E-state index contributed by atoms with van der Waals surface area (Å²) in [7, 11) is 3.94. The second kappa shape index (κ2) is 9.44. The van der Waals surface area contributed by atoms with Gasteiger partial charge in [0.25, 0.3) is 5.91 Å². The maximum atomic E-state index is 12.4. The molecular weight excluding hydrogens is 336 g/mol. The summed E-state index contributed by atoms with van der Waals surface area (Å²) in [5.41, 5.74) is 4.17. The number of anilines is 2. The lowest BCUT2D eigenvalue weighted by atomic mass is 10.0. The van der Waals surface area contributed by atoms with Crippen LogP contribution in [-0.2, 0) is 11.2 Å². The van der Waals surface area contributed by atoms with E-state index in [2.05, 4.69) is 29.7 Å². The normalized spacial score (nSPS) is 12.0. The monoisotopic (exact) mass is 362 g/mol. The van der Waals surface area contributed by atoms with Crippen LogP contribution in [0.5, 0.6) is 0 Å². The molecule has 0 saturated heterocycles. The van der Waals surface area contributed by atoms with Crippen LogP contribution in [0, 0.1) is 11.3 Å². The molecule has 140 valence electrons. The van der Waals surface area contributed by atoms with Gasteiger partial charge in [-0.2, -0.15) is 5.26 Å². The summed E-state index contributed by atoms with van der Waals surface area (Å²) in [5, 5.41) is 15.2. The number of hydrogen-bond acceptors (Lipinski definition) is 4. The molecule has 5 heteroatoms. The second-order valence-corrected chi connectivity index (χ2v) is 6.55. The van der Waals surface area contributed by atoms with E-state index in [-0.39, 0.29) is 11.6 Å². The number of hydrogen-bond donors (Lipinski definition) is 2. The van der Waals surface area contributed by atoms with Gasteiger partial charge in [-0.1, -0.05) is 31.2 Å². The molecule has 0 aliphatic carbocycles. The number of amides is 1. The molecule has 0 spiro atoms. The van der Waals surface area contributed by atoms with E-state index in [1.807, 2.05) is 68.4 Å². The zero-order chi connectivity index (χ0) is 19.8. The Morgan fingerprint density at radius 3 is 2.30 bits per heavy atom. The van der Waals surface area contributed by atoms with Crippen LogP contribution in [0.3, 0.4) is 0 Å². The summed E-state index contributed by atoms with van der Waals surface area (Å²) < 4.78 is 0. The number of nitriles is 1. The molecule has 0 aromatic heterocycles.